The summed E-state index contributed by atoms with van der Waals surface area (Å²) in [4.78, 5) is 4.57. The molecule has 0 N–H and O–H groups in total. The van der Waals surface area contributed by atoms with E-state index in [9.17, 15) is 8.60 Å². The van der Waals surface area contributed by atoms with E-state index in [1.165, 1.54) is 30.6 Å². The van der Waals surface area contributed by atoms with E-state index in [0.717, 1.165) is 0 Å². The Bertz CT molecular complexity index is 509. The van der Waals surface area contributed by atoms with Crippen LogP contribution in [0, 0.1) is 5.82 Å². The van der Waals surface area contributed by atoms with Gasteiger partial charge in [0.25, 0.3) is 0 Å². The number of rotatable bonds is 3. The number of hydrogen-bond acceptors (Lipinski definition) is 3. The molecule has 2 aromatic rings. The fraction of sp³-hybridized carbons (Fsp3) is 0.200. The Morgan fingerprint density at radius 2 is 2.06 bits per heavy atom. The van der Waals surface area contributed by atoms with Crippen molar-refractivity contribution in [1.82, 2.24) is 14.8 Å². The highest BCUT2D eigenvalue weighted by molar-refractivity contribution is 7.84. The third kappa shape index (κ3) is 2.33. The van der Waals surface area contributed by atoms with Gasteiger partial charge in [0, 0.05) is 11.9 Å². The van der Waals surface area contributed by atoms with E-state index in [2.05, 4.69) is 10.1 Å². The average molecular weight is 239 g/mol. The van der Waals surface area contributed by atoms with E-state index >= 15 is 0 Å². The Balaban J connectivity index is 2.15. The summed E-state index contributed by atoms with van der Waals surface area (Å²) in [5, 5.41) is 3.89. The van der Waals surface area contributed by atoms with Crippen LogP contribution in [0.4, 0.5) is 4.39 Å². The summed E-state index contributed by atoms with van der Waals surface area (Å²) in [7, 11) is 0.519. The summed E-state index contributed by atoms with van der Waals surface area (Å²) in [6.45, 7) is 0. The van der Waals surface area contributed by atoms with Crippen molar-refractivity contribution < 1.29 is 8.60 Å². The second kappa shape index (κ2) is 4.52. The molecule has 84 valence electrons. The van der Waals surface area contributed by atoms with E-state index in [1.54, 1.807) is 11.7 Å². The number of benzene rings is 1. The number of halogens is 1. The molecule has 16 heavy (non-hydrogen) atoms. The zero-order valence-corrected chi connectivity index (χ0v) is 9.45. The van der Waals surface area contributed by atoms with Gasteiger partial charge in [0.05, 0.1) is 16.6 Å². The summed E-state index contributed by atoms with van der Waals surface area (Å²) >= 11 is 0. The quantitative estimate of drug-likeness (QED) is 0.810. The summed E-state index contributed by atoms with van der Waals surface area (Å²) in [5.41, 5.74) is 0. The van der Waals surface area contributed by atoms with Crippen LogP contribution >= 0.6 is 0 Å². The summed E-state index contributed by atoms with van der Waals surface area (Å²) in [6.07, 6.45) is 1.41. The van der Waals surface area contributed by atoms with Crippen LogP contribution in [0.3, 0.4) is 0 Å². The minimum atomic E-state index is -1.22. The third-order valence-electron chi connectivity index (χ3n) is 2.14. The van der Waals surface area contributed by atoms with Crippen molar-refractivity contribution in [2.75, 3.05) is 0 Å². The molecule has 0 amide bonds. The van der Waals surface area contributed by atoms with Gasteiger partial charge in [-0.25, -0.2) is 9.37 Å². The summed E-state index contributed by atoms with van der Waals surface area (Å²) < 4.78 is 26.1. The molecule has 6 heteroatoms. The van der Waals surface area contributed by atoms with Gasteiger partial charge in [0.2, 0.25) is 0 Å². The minimum Gasteiger partial charge on any atom is -0.254 e. The van der Waals surface area contributed by atoms with E-state index in [-0.39, 0.29) is 11.6 Å². The zero-order chi connectivity index (χ0) is 11.5. The Kier molecular flexibility index (Phi) is 3.09. The molecule has 0 radical (unpaired) electrons. The second-order valence-corrected chi connectivity index (χ2v) is 4.69. The van der Waals surface area contributed by atoms with Crippen LogP contribution in [-0.2, 0) is 23.6 Å². The first-order valence-corrected chi connectivity index (χ1v) is 5.95. The highest BCUT2D eigenvalue weighted by atomic mass is 32.2. The van der Waals surface area contributed by atoms with Crippen molar-refractivity contribution in [3.63, 3.8) is 0 Å². The molecule has 0 aliphatic heterocycles. The van der Waals surface area contributed by atoms with Crippen LogP contribution in [0.2, 0.25) is 0 Å². The van der Waals surface area contributed by atoms with Crippen LogP contribution in [0.15, 0.2) is 35.5 Å². The van der Waals surface area contributed by atoms with Gasteiger partial charge in [-0.05, 0) is 24.3 Å². The average Bonchev–Trinajstić information content (AvgIpc) is 2.65. The van der Waals surface area contributed by atoms with Crippen LogP contribution < -0.4 is 0 Å². The van der Waals surface area contributed by atoms with E-state index in [0.29, 0.717) is 10.7 Å². The standard InChI is InChI=1S/C10H10FN3OS/c1-14-10(12-7-13-14)6-16(15)9-4-2-8(11)3-5-9/h2-5,7H,6H2,1H3. The monoisotopic (exact) mass is 239 g/mol. The first-order valence-electron chi connectivity index (χ1n) is 4.63. The van der Waals surface area contributed by atoms with Gasteiger partial charge in [-0.3, -0.25) is 8.89 Å². The smallest absolute Gasteiger partial charge is 0.139 e. The lowest BCUT2D eigenvalue weighted by Gasteiger charge is -2.01. The zero-order valence-electron chi connectivity index (χ0n) is 8.63. The van der Waals surface area contributed by atoms with Crippen molar-refractivity contribution in [3.8, 4) is 0 Å². The maximum absolute atomic E-state index is 12.7. The summed E-state index contributed by atoms with van der Waals surface area (Å²) in [5.74, 6) is 0.587. The van der Waals surface area contributed by atoms with Gasteiger partial charge in [-0.1, -0.05) is 0 Å². The van der Waals surface area contributed by atoms with Gasteiger partial charge in [0.1, 0.15) is 18.0 Å². The molecular formula is C10H10FN3OS. The SMILES string of the molecule is Cn1ncnc1CS(=O)c1ccc(F)cc1. The van der Waals surface area contributed by atoms with Crippen molar-refractivity contribution in [2.45, 2.75) is 10.6 Å². The predicted octanol–water partition coefficient (Wildman–Crippen LogP) is 1.26. The molecule has 0 bridgehead atoms. The van der Waals surface area contributed by atoms with E-state index in [4.69, 9.17) is 0 Å². The predicted molar refractivity (Wildman–Crippen MR) is 57.5 cm³/mol. The highest BCUT2D eigenvalue weighted by Crippen LogP contribution is 2.11. The normalized spacial score (nSPS) is 12.6. The molecule has 0 spiro atoms. The van der Waals surface area contributed by atoms with Crippen molar-refractivity contribution in [2.24, 2.45) is 7.05 Å². The molecule has 0 saturated carbocycles. The van der Waals surface area contributed by atoms with Crippen LogP contribution in [0.1, 0.15) is 5.82 Å². The fourth-order valence-corrected chi connectivity index (χ4v) is 2.34. The molecule has 1 heterocycles. The molecule has 1 aromatic heterocycles. The number of nitrogens with zero attached hydrogens (tertiary/aromatic N) is 3. The fourth-order valence-electron chi connectivity index (χ4n) is 1.24. The Morgan fingerprint density at radius 1 is 1.38 bits per heavy atom. The Morgan fingerprint density at radius 3 is 2.62 bits per heavy atom. The van der Waals surface area contributed by atoms with Gasteiger partial charge < -0.3 is 0 Å². The maximum atomic E-state index is 12.7. The van der Waals surface area contributed by atoms with Crippen molar-refractivity contribution in [3.05, 3.63) is 42.2 Å². The number of hydrogen-bond donors (Lipinski definition) is 0. The largest absolute Gasteiger partial charge is 0.254 e. The lowest BCUT2D eigenvalue weighted by molar-refractivity contribution is 0.626. The minimum absolute atomic E-state index is 0.280. The molecule has 1 aromatic carbocycles. The molecule has 0 fully saturated rings. The van der Waals surface area contributed by atoms with E-state index < -0.39 is 10.8 Å². The second-order valence-electron chi connectivity index (χ2n) is 3.24. The Hall–Kier alpha value is -1.56. The molecule has 1 atom stereocenters. The Labute approximate surface area is 94.6 Å². The lowest BCUT2D eigenvalue weighted by atomic mass is 10.4. The lowest BCUT2D eigenvalue weighted by Crippen LogP contribution is -2.04. The summed E-state index contributed by atoms with van der Waals surface area (Å²) in [6, 6.07) is 5.62. The van der Waals surface area contributed by atoms with Gasteiger partial charge in [-0.2, -0.15) is 5.10 Å². The number of aromatic nitrogens is 3. The van der Waals surface area contributed by atoms with Gasteiger partial charge >= 0.3 is 0 Å². The van der Waals surface area contributed by atoms with Gasteiger partial charge in [0.15, 0.2) is 0 Å². The first-order chi connectivity index (χ1) is 7.66. The van der Waals surface area contributed by atoms with Crippen LogP contribution in [-0.4, -0.2) is 19.0 Å². The third-order valence-corrected chi connectivity index (χ3v) is 3.46. The topological polar surface area (TPSA) is 47.8 Å². The molecule has 4 nitrogen and oxygen atoms in total. The molecular weight excluding hydrogens is 229 g/mol. The van der Waals surface area contributed by atoms with Crippen LogP contribution in [0.25, 0.3) is 0 Å². The molecule has 0 saturated heterocycles. The maximum Gasteiger partial charge on any atom is 0.139 e. The van der Waals surface area contributed by atoms with Crippen LogP contribution in [0.5, 0.6) is 0 Å². The molecule has 2 rings (SSSR count). The van der Waals surface area contributed by atoms with Gasteiger partial charge in [-0.15, -0.1) is 0 Å². The molecule has 0 aliphatic carbocycles. The highest BCUT2D eigenvalue weighted by Gasteiger charge is 2.08. The van der Waals surface area contributed by atoms with E-state index in [1.807, 2.05) is 0 Å². The van der Waals surface area contributed by atoms with Crippen molar-refractivity contribution >= 4 is 10.8 Å². The van der Waals surface area contributed by atoms with Crippen molar-refractivity contribution in [1.29, 1.82) is 0 Å². The molecule has 0 aliphatic rings. The number of aryl methyl sites for hydroxylation is 1. The first kappa shape index (κ1) is 10.9. The molecule has 1 unspecified atom stereocenters.